The number of hydrogen-bond acceptors (Lipinski definition) is 3. The molecule has 1 aromatic carbocycles. The predicted octanol–water partition coefficient (Wildman–Crippen LogP) is 2.88. The maximum atomic E-state index is 11.9. The van der Waals surface area contributed by atoms with E-state index >= 15 is 0 Å². The van der Waals surface area contributed by atoms with E-state index in [9.17, 15) is 4.79 Å². The van der Waals surface area contributed by atoms with Gasteiger partial charge in [-0.1, -0.05) is 11.6 Å². The molecular formula is C13H12ClN3O. The summed E-state index contributed by atoms with van der Waals surface area (Å²) in [4.78, 5) is 16.0. The summed E-state index contributed by atoms with van der Waals surface area (Å²) in [6.07, 6.45) is 1.52. The van der Waals surface area contributed by atoms with Gasteiger partial charge in [-0.05, 0) is 37.3 Å². The SMILES string of the molecule is Cc1ccc(C(=O)Nc2ccc(Cl)cc2N)cn1. The molecule has 2 aromatic rings. The number of nitrogens with one attached hydrogen (secondary N) is 1. The van der Waals surface area contributed by atoms with Crippen molar-refractivity contribution in [2.75, 3.05) is 11.1 Å². The number of nitrogens with zero attached hydrogens (tertiary/aromatic N) is 1. The summed E-state index contributed by atoms with van der Waals surface area (Å²) in [5.41, 5.74) is 8.06. The largest absolute Gasteiger partial charge is 0.397 e. The number of nitrogen functional groups attached to an aromatic ring is 1. The van der Waals surface area contributed by atoms with Crippen molar-refractivity contribution in [3.05, 3.63) is 52.8 Å². The minimum absolute atomic E-state index is 0.253. The second-order valence-corrected chi connectivity index (χ2v) is 4.31. The molecule has 0 atom stereocenters. The lowest BCUT2D eigenvalue weighted by molar-refractivity contribution is 0.102. The minimum Gasteiger partial charge on any atom is -0.397 e. The van der Waals surface area contributed by atoms with Crippen LogP contribution in [-0.4, -0.2) is 10.9 Å². The molecule has 1 amide bonds. The Morgan fingerprint density at radius 2 is 2.11 bits per heavy atom. The number of carbonyl (C=O) groups excluding carboxylic acids is 1. The van der Waals surface area contributed by atoms with Gasteiger partial charge in [-0.2, -0.15) is 0 Å². The lowest BCUT2D eigenvalue weighted by Gasteiger charge is -2.08. The van der Waals surface area contributed by atoms with Gasteiger partial charge in [0.05, 0.1) is 16.9 Å². The lowest BCUT2D eigenvalue weighted by Crippen LogP contribution is -2.13. The molecule has 0 radical (unpaired) electrons. The summed E-state index contributed by atoms with van der Waals surface area (Å²) in [5.74, 6) is -0.253. The standard InChI is InChI=1S/C13H12ClN3O/c1-8-2-3-9(7-16-8)13(18)17-12-5-4-10(14)6-11(12)15/h2-7H,15H2,1H3,(H,17,18). The lowest BCUT2D eigenvalue weighted by atomic mass is 10.2. The second kappa shape index (κ2) is 5.06. The molecule has 0 aliphatic carbocycles. The number of nitrogens with two attached hydrogens (primary N) is 1. The monoisotopic (exact) mass is 261 g/mol. The van der Waals surface area contributed by atoms with E-state index < -0.39 is 0 Å². The summed E-state index contributed by atoms with van der Waals surface area (Å²) in [6, 6.07) is 8.41. The highest BCUT2D eigenvalue weighted by atomic mass is 35.5. The topological polar surface area (TPSA) is 68.0 Å². The van der Waals surface area contributed by atoms with Gasteiger partial charge in [-0.15, -0.1) is 0 Å². The van der Waals surface area contributed by atoms with Gasteiger partial charge in [0, 0.05) is 16.9 Å². The van der Waals surface area contributed by atoms with Crippen molar-refractivity contribution >= 4 is 28.9 Å². The summed E-state index contributed by atoms with van der Waals surface area (Å²) < 4.78 is 0. The number of carbonyl (C=O) groups is 1. The molecule has 0 unspecified atom stereocenters. The van der Waals surface area contributed by atoms with E-state index in [4.69, 9.17) is 17.3 Å². The molecule has 0 aliphatic rings. The average molecular weight is 262 g/mol. The van der Waals surface area contributed by atoms with Crippen molar-refractivity contribution in [3.63, 3.8) is 0 Å². The molecule has 3 N–H and O–H groups in total. The maximum Gasteiger partial charge on any atom is 0.257 e. The fraction of sp³-hybridized carbons (Fsp3) is 0.0769. The minimum atomic E-state index is -0.253. The first kappa shape index (κ1) is 12.4. The van der Waals surface area contributed by atoms with Crippen molar-refractivity contribution in [2.45, 2.75) is 6.92 Å². The van der Waals surface area contributed by atoms with Crippen molar-refractivity contribution in [1.82, 2.24) is 4.98 Å². The first-order chi connectivity index (χ1) is 8.56. The molecule has 0 bridgehead atoms. The maximum absolute atomic E-state index is 11.9. The second-order valence-electron chi connectivity index (χ2n) is 3.87. The molecular weight excluding hydrogens is 250 g/mol. The third kappa shape index (κ3) is 2.78. The van der Waals surface area contributed by atoms with Crippen molar-refractivity contribution < 1.29 is 4.79 Å². The first-order valence-corrected chi connectivity index (χ1v) is 5.73. The van der Waals surface area contributed by atoms with E-state index in [0.29, 0.717) is 22.0 Å². The fourth-order valence-corrected chi connectivity index (χ4v) is 1.62. The molecule has 0 spiro atoms. The van der Waals surface area contributed by atoms with Crippen LogP contribution in [0.2, 0.25) is 5.02 Å². The van der Waals surface area contributed by atoms with Gasteiger partial charge >= 0.3 is 0 Å². The molecule has 0 saturated carbocycles. The van der Waals surface area contributed by atoms with Gasteiger partial charge < -0.3 is 11.1 Å². The number of aryl methyl sites for hydroxylation is 1. The molecule has 1 heterocycles. The molecule has 0 fully saturated rings. The zero-order chi connectivity index (χ0) is 13.1. The van der Waals surface area contributed by atoms with Gasteiger partial charge in [0.2, 0.25) is 0 Å². The molecule has 4 nitrogen and oxygen atoms in total. The summed E-state index contributed by atoms with van der Waals surface area (Å²) >= 11 is 5.79. The van der Waals surface area contributed by atoms with Crippen LogP contribution in [0.1, 0.15) is 16.1 Å². The van der Waals surface area contributed by atoms with E-state index in [1.165, 1.54) is 6.20 Å². The highest BCUT2D eigenvalue weighted by Gasteiger charge is 2.08. The van der Waals surface area contributed by atoms with Crippen LogP contribution in [-0.2, 0) is 0 Å². The molecule has 18 heavy (non-hydrogen) atoms. The Bertz CT molecular complexity index is 581. The smallest absolute Gasteiger partial charge is 0.257 e. The van der Waals surface area contributed by atoms with Crippen LogP contribution in [0.4, 0.5) is 11.4 Å². The van der Waals surface area contributed by atoms with Gasteiger partial charge in [-0.3, -0.25) is 9.78 Å². The number of amides is 1. The summed E-state index contributed by atoms with van der Waals surface area (Å²) in [6.45, 7) is 1.86. The number of benzene rings is 1. The van der Waals surface area contributed by atoms with Gasteiger partial charge in [-0.25, -0.2) is 0 Å². The molecule has 2 rings (SSSR count). The Morgan fingerprint density at radius 1 is 1.33 bits per heavy atom. The van der Waals surface area contributed by atoms with Crippen LogP contribution >= 0.6 is 11.6 Å². The highest BCUT2D eigenvalue weighted by molar-refractivity contribution is 6.31. The number of aromatic nitrogens is 1. The Hall–Kier alpha value is -2.07. The first-order valence-electron chi connectivity index (χ1n) is 5.35. The number of hydrogen-bond donors (Lipinski definition) is 2. The quantitative estimate of drug-likeness (QED) is 0.817. The molecule has 0 saturated heterocycles. The van der Waals surface area contributed by atoms with Crippen LogP contribution < -0.4 is 11.1 Å². The fourth-order valence-electron chi connectivity index (χ4n) is 1.44. The zero-order valence-corrected chi connectivity index (χ0v) is 10.5. The molecule has 0 aliphatic heterocycles. The Kier molecular flexibility index (Phi) is 3.48. The number of halogens is 1. The van der Waals surface area contributed by atoms with Crippen LogP contribution in [0, 0.1) is 6.92 Å². The predicted molar refractivity (Wildman–Crippen MR) is 72.8 cm³/mol. The Balaban J connectivity index is 2.18. The van der Waals surface area contributed by atoms with Crippen LogP contribution in [0.25, 0.3) is 0 Å². The van der Waals surface area contributed by atoms with E-state index in [1.807, 2.05) is 6.92 Å². The van der Waals surface area contributed by atoms with E-state index in [1.54, 1.807) is 30.3 Å². The van der Waals surface area contributed by atoms with E-state index in [0.717, 1.165) is 5.69 Å². The van der Waals surface area contributed by atoms with Gasteiger partial charge in [0.1, 0.15) is 0 Å². The molecule has 1 aromatic heterocycles. The van der Waals surface area contributed by atoms with Crippen LogP contribution in [0.15, 0.2) is 36.5 Å². The highest BCUT2D eigenvalue weighted by Crippen LogP contribution is 2.23. The normalized spacial score (nSPS) is 10.1. The van der Waals surface area contributed by atoms with Crippen molar-refractivity contribution in [1.29, 1.82) is 0 Å². The van der Waals surface area contributed by atoms with Crippen molar-refractivity contribution in [3.8, 4) is 0 Å². The Labute approximate surface area is 110 Å². The number of rotatable bonds is 2. The summed E-state index contributed by atoms with van der Waals surface area (Å²) in [7, 11) is 0. The number of pyridine rings is 1. The molecule has 5 heteroatoms. The third-order valence-corrected chi connectivity index (χ3v) is 2.67. The third-order valence-electron chi connectivity index (χ3n) is 2.44. The van der Waals surface area contributed by atoms with Crippen molar-refractivity contribution in [2.24, 2.45) is 0 Å². The van der Waals surface area contributed by atoms with Gasteiger partial charge in [0.25, 0.3) is 5.91 Å². The average Bonchev–Trinajstić information content (AvgIpc) is 2.33. The van der Waals surface area contributed by atoms with E-state index in [2.05, 4.69) is 10.3 Å². The van der Waals surface area contributed by atoms with E-state index in [-0.39, 0.29) is 5.91 Å². The molecule has 92 valence electrons. The van der Waals surface area contributed by atoms with Crippen LogP contribution in [0.3, 0.4) is 0 Å². The van der Waals surface area contributed by atoms with Gasteiger partial charge in [0.15, 0.2) is 0 Å². The zero-order valence-electron chi connectivity index (χ0n) is 9.77. The van der Waals surface area contributed by atoms with Crippen LogP contribution in [0.5, 0.6) is 0 Å². The Morgan fingerprint density at radius 3 is 2.72 bits per heavy atom. The number of anilines is 2. The summed E-state index contributed by atoms with van der Waals surface area (Å²) in [5, 5.41) is 3.24.